The lowest BCUT2D eigenvalue weighted by molar-refractivity contribution is -0.0467. The lowest BCUT2D eigenvalue weighted by atomic mass is 10.1. The average molecular weight is 447 g/mol. The molecule has 0 radical (unpaired) electrons. The first-order valence-electron chi connectivity index (χ1n) is 8.90. The molecule has 0 amide bonds. The summed E-state index contributed by atoms with van der Waals surface area (Å²) < 4.78 is 33.4. The number of hydrogen-bond donors (Lipinski definition) is 4. The molecule has 1 fully saturated rings. The smallest absolute Gasteiger partial charge is 0.333 e. The summed E-state index contributed by atoms with van der Waals surface area (Å²) in [6.07, 6.45) is -2.49. The van der Waals surface area contributed by atoms with E-state index in [-0.39, 0.29) is 0 Å². The minimum atomic E-state index is -4.24. The van der Waals surface area contributed by atoms with E-state index in [9.17, 15) is 18.6 Å². The molecule has 0 spiro atoms. The van der Waals surface area contributed by atoms with Gasteiger partial charge in [-0.1, -0.05) is 6.07 Å². The molecule has 162 valence electrons. The predicted octanol–water partition coefficient (Wildman–Crippen LogP) is -0.719. The van der Waals surface area contributed by atoms with E-state index in [1.54, 1.807) is 24.3 Å². The first-order valence-corrected chi connectivity index (χ1v) is 10.4. The van der Waals surface area contributed by atoms with Crippen LogP contribution < -0.4 is 10.5 Å². The van der Waals surface area contributed by atoms with Gasteiger partial charge in [-0.25, -0.2) is 20.1 Å². The van der Waals surface area contributed by atoms with Gasteiger partial charge in [-0.15, -0.1) is 0 Å². The van der Waals surface area contributed by atoms with Crippen molar-refractivity contribution in [3.05, 3.63) is 42.5 Å². The third-order valence-electron chi connectivity index (χ3n) is 4.62. The zero-order chi connectivity index (χ0) is 22.2. The number of fused-ring (bicyclic) bond motifs is 1. The molecule has 4 atom stereocenters. The molecule has 3 heterocycles. The highest BCUT2D eigenvalue weighted by Crippen LogP contribution is 2.33. The Bertz CT molecular complexity index is 1260. The summed E-state index contributed by atoms with van der Waals surface area (Å²) in [6.45, 7) is -0.572. The van der Waals surface area contributed by atoms with E-state index in [1.807, 2.05) is 6.07 Å². The molecule has 1 saturated heterocycles. The summed E-state index contributed by atoms with van der Waals surface area (Å²) in [7, 11) is -4.24. The second kappa shape index (κ2) is 8.15. The maximum atomic E-state index is 11.0. The van der Waals surface area contributed by atoms with Crippen LogP contribution in [0.15, 0.2) is 36.9 Å². The Kier molecular flexibility index (Phi) is 5.54. The van der Waals surface area contributed by atoms with Gasteiger partial charge < -0.3 is 20.3 Å². The summed E-state index contributed by atoms with van der Waals surface area (Å²) in [4.78, 5) is 12.6. The van der Waals surface area contributed by atoms with Gasteiger partial charge in [0.1, 0.15) is 24.6 Å². The number of imidazole rings is 1. The van der Waals surface area contributed by atoms with E-state index in [4.69, 9.17) is 15.1 Å². The van der Waals surface area contributed by atoms with Crippen molar-refractivity contribution in [3.63, 3.8) is 0 Å². The van der Waals surface area contributed by atoms with Gasteiger partial charge in [0.25, 0.3) is 0 Å². The molecule has 3 aromatic rings. The quantitative estimate of drug-likeness (QED) is 0.372. The molecule has 31 heavy (non-hydrogen) atoms. The Balaban J connectivity index is 1.61. The van der Waals surface area contributed by atoms with Gasteiger partial charge in [-0.05, 0) is 18.2 Å². The molecule has 0 bridgehead atoms. The number of nitrogens with one attached hydrogen (secondary N) is 1. The molecule has 14 heteroatoms. The molecule has 0 aliphatic carbocycles. The van der Waals surface area contributed by atoms with Crippen LogP contribution in [0.4, 0.5) is 11.5 Å². The largest absolute Gasteiger partial charge is 0.387 e. The maximum absolute atomic E-state index is 11.0. The molecule has 1 aliphatic heterocycles. The summed E-state index contributed by atoms with van der Waals surface area (Å²) in [5.41, 5.74) is 1.71. The molecule has 1 aliphatic rings. The normalized spacial score (nSPS) is 23.7. The van der Waals surface area contributed by atoms with Crippen LogP contribution in [0.2, 0.25) is 0 Å². The molecule has 13 nitrogen and oxygen atoms in total. The van der Waals surface area contributed by atoms with E-state index >= 15 is 0 Å². The SMILES string of the molecule is N#Cc1cccc(Nc2ncnc3c2ncn3[C@H]2O[C@@H](COS(N)(=O)=O)[C@H](O)[C@@H]2O)c1. The molecule has 2 aromatic heterocycles. The topological polar surface area (TPSA) is 198 Å². The van der Waals surface area contributed by atoms with Crippen LogP contribution in [0.25, 0.3) is 11.2 Å². The minimum Gasteiger partial charge on any atom is -0.387 e. The number of anilines is 2. The zero-order valence-corrected chi connectivity index (χ0v) is 16.5. The molecule has 5 N–H and O–H groups in total. The number of benzene rings is 1. The third-order valence-corrected chi connectivity index (χ3v) is 5.09. The van der Waals surface area contributed by atoms with Gasteiger partial charge in [0.05, 0.1) is 24.6 Å². The van der Waals surface area contributed by atoms with Crippen LogP contribution in [-0.2, 0) is 19.2 Å². The van der Waals surface area contributed by atoms with E-state index in [1.165, 1.54) is 17.2 Å². The van der Waals surface area contributed by atoms with Gasteiger partial charge in [-0.2, -0.15) is 13.7 Å². The third kappa shape index (κ3) is 4.32. The van der Waals surface area contributed by atoms with Gasteiger partial charge in [-0.3, -0.25) is 8.75 Å². The van der Waals surface area contributed by atoms with Crippen molar-refractivity contribution in [2.75, 3.05) is 11.9 Å². The number of nitrogens with two attached hydrogens (primary N) is 1. The van der Waals surface area contributed by atoms with Crippen molar-refractivity contribution in [1.82, 2.24) is 19.5 Å². The summed E-state index contributed by atoms with van der Waals surface area (Å²) in [5.74, 6) is 0.348. The van der Waals surface area contributed by atoms with Crippen LogP contribution in [0.5, 0.6) is 0 Å². The highest BCUT2D eigenvalue weighted by molar-refractivity contribution is 7.84. The Morgan fingerprint density at radius 1 is 1.29 bits per heavy atom. The second-order valence-electron chi connectivity index (χ2n) is 6.69. The number of hydrogen-bond acceptors (Lipinski definition) is 11. The fraction of sp³-hybridized carbons (Fsp3) is 0.294. The summed E-state index contributed by atoms with van der Waals surface area (Å²) in [5, 5.41) is 37.5. The highest BCUT2D eigenvalue weighted by Gasteiger charge is 2.45. The van der Waals surface area contributed by atoms with E-state index in [0.717, 1.165) is 0 Å². The van der Waals surface area contributed by atoms with E-state index < -0.39 is 41.5 Å². The second-order valence-corrected chi connectivity index (χ2v) is 7.91. The Labute approximate surface area is 175 Å². The summed E-state index contributed by atoms with van der Waals surface area (Å²) >= 11 is 0. The Morgan fingerprint density at radius 3 is 2.84 bits per heavy atom. The lowest BCUT2D eigenvalue weighted by Gasteiger charge is -2.16. The maximum Gasteiger partial charge on any atom is 0.333 e. The standard InChI is InChI=1S/C17H17N7O6S/c18-5-9-2-1-3-10(4-9)23-15-12-16(21-7-20-15)24(8-22-12)17-14(26)13(25)11(30-17)6-29-31(19,27)28/h1-4,7-8,11,13-14,17,25-26H,6H2,(H2,19,27,28)(H,20,21,23)/t11-,13-,14-,17-/m0/s1. The molecular weight excluding hydrogens is 430 g/mol. The van der Waals surface area contributed by atoms with E-state index in [2.05, 4.69) is 24.5 Å². The van der Waals surface area contributed by atoms with Gasteiger partial charge in [0, 0.05) is 5.69 Å². The summed E-state index contributed by atoms with van der Waals surface area (Å²) in [6, 6.07) is 8.82. The van der Waals surface area contributed by atoms with Crippen LogP contribution in [0, 0.1) is 11.3 Å². The first kappa shape index (κ1) is 21.1. The molecule has 0 unspecified atom stereocenters. The first-order chi connectivity index (χ1) is 14.8. The van der Waals surface area contributed by atoms with Crippen LogP contribution >= 0.6 is 0 Å². The van der Waals surface area contributed by atoms with Crippen LogP contribution in [0.1, 0.15) is 11.8 Å². The molecule has 4 rings (SSSR count). The number of nitriles is 1. The number of aliphatic hydroxyl groups excluding tert-OH is 2. The highest BCUT2D eigenvalue weighted by atomic mass is 32.2. The number of ether oxygens (including phenoxy) is 1. The average Bonchev–Trinajstić information content (AvgIpc) is 3.28. The number of aliphatic hydroxyl groups is 2. The monoisotopic (exact) mass is 447 g/mol. The van der Waals surface area contributed by atoms with Crippen LogP contribution in [-0.4, -0.2) is 63.1 Å². The fourth-order valence-electron chi connectivity index (χ4n) is 3.19. The van der Waals surface area contributed by atoms with Crippen LogP contribution in [0.3, 0.4) is 0 Å². The Hall–Kier alpha value is -3.19. The number of rotatable bonds is 6. The fourth-order valence-corrected chi connectivity index (χ4v) is 3.52. The lowest BCUT2D eigenvalue weighted by Crippen LogP contribution is -2.35. The zero-order valence-electron chi connectivity index (χ0n) is 15.7. The van der Waals surface area contributed by atoms with Crippen molar-refractivity contribution in [1.29, 1.82) is 5.26 Å². The minimum absolute atomic E-state index is 0.290. The van der Waals surface area contributed by atoms with Gasteiger partial charge in [0.15, 0.2) is 23.2 Å². The molecular formula is C17H17N7O6S. The van der Waals surface area contributed by atoms with E-state index in [0.29, 0.717) is 28.2 Å². The number of aromatic nitrogens is 4. The van der Waals surface area contributed by atoms with Crippen molar-refractivity contribution in [2.24, 2.45) is 5.14 Å². The van der Waals surface area contributed by atoms with Crippen molar-refractivity contribution < 1.29 is 27.6 Å². The predicted molar refractivity (Wildman–Crippen MR) is 105 cm³/mol. The molecule has 0 saturated carbocycles. The van der Waals surface area contributed by atoms with Crippen molar-refractivity contribution >= 4 is 33.0 Å². The number of nitrogens with zero attached hydrogens (tertiary/aromatic N) is 5. The molecule has 1 aromatic carbocycles. The Morgan fingerprint density at radius 2 is 2.10 bits per heavy atom. The van der Waals surface area contributed by atoms with Gasteiger partial charge in [0.2, 0.25) is 0 Å². The van der Waals surface area contributed by atoms with Crippen molar-refractivity contribution in [2.45, 2.75) is 24.5 Å². The van der Waals surface area contributed by atoms with Crippen molar-refractivity contribution in [3.8, 4) is 6.07 Å². The van der Waals surface area contributed by atoms with Gasteiger partial charge >= 0.3 is 10.3 Å².